The fourth-order valence-electron chi connectivity index (χ4n) is 2.15. The zero-order valence-corrected chi connectivity index (χ0v) is 10.9. The van der Waals surface area contributed by atoms with Gasteiger partial charge in [-0.25, -0.2) is 4.39 Å². The Balaban J connectivity index is 1.78. The molecule has 1 aliphatic heterocycles. The number of phenols is 1. The van der Waals surface area contributed by atoms with Crippen molar-refractivity contribution in [3.05, 3.63) is 47.3 Å². The molecule has 0 saturated heterocycles. The summed E-state index contributed by atoms with van der Waals surface area (Å²) in [5.41, 5.74) is 2.16. The topological polar surface area (TPSA) is 50.7 Å². The van der Waals surface area contributed by atoms with Crippen LogP contribution in [0.2, 0.25) is 0 Å². The summed E-state index contributed by atoms with van der Waals surface area (Å²) in [6.45, 7) is 2.35. The number of aromatic hydroxyl groups is 1. The van der Waals surface area contributed by atoms with Gasteiger partial charge in [-0.05, 0) is 36.8 Å². The monoisotopic (exact) mass is 275 g/mol. The van der Waals surface area contributed by atoms with E-state index in [1.807, 2.05) is 13.0 Å². The fraction of sp³-hybridized carbons (Fsp3) is 0.200. The van der Waals surface area contributed by atoms with E-state index in [-0.39, 0.29) is 18.4 Å². The SMILES string of the molecule is Cc1cc(F)cc(NCc2cc3c(cc2O)OCO3)c1. The molecule has 4 nitrogen and oxygen atoms in total. The second kappa shape index (κ2) is 4.92. The van der Waals surface area contributed by atoms with E-state index >= 15 is 0 Å². The average Bonchev–Trinajstić information content (AvgIpc) is 2.81. The van der Waals surface area contributed by atoms with Crippen molar-refractivity contribution >= 4 is 5.69 Å². The number of rotatable bonds is 3. The first-order valence-corrected chi connectivity index (χ1v) is 6.24. The van der Waals surface area contributed by atoms with Crippen molar-refractivity contribution in [1.82, 2.24) is 0 Å². The van der Waals surface area contributed by atoms with Crippen LogP contribution in [0.5, 0.6) is 17.2 Å². The molecule has 104 valence electrons. The predicted octanol–water partition coefficient (Wildman–Crippen LogP) is 3.18. The van der Waals surface area contributed by atoms with Crippen LogP contribution in [-0.2, 0) is 6.54 Å². The number of anilines is 1. The van der Waals surface area contributed by atoms with E-state index in [1.54, 1.807) is 6.07 Å². The van der Waals surface area contributed by atoms with Gasteiger partial charge in [0.1, 0.15) is 11.6 Å². The second-order valence-corrected chi connectivity index (χ2v) is 4.70. The molecule has 0 aromatic heterocycles. The molecule has 0 saturated carbocycles. The first-order chi connectivity index (χ1) is 9.61. The first-order valence-electron chi connectivity index (χ1n) is 6.24. The van der Waals surface area contributed by atoms with Crippen molar-refractivity contribution < 1.29 is 19.0 Å². The van der Waals surface area contributed by atoms with Gasteiger partial charge in [0, 0.05) is 23.9 Å². The molecule has 0 unspecified atom stereocenters. The zero-order chi connectivity index (χ0) is 14.1. The van der Waals surface area contributed by atoms with Crippen molar-refractivity contribution in [1.29, 1.82) is 0 Å². The molecular weight excluding hydrogens is 261 g/mol. The molecule has 0 radical (unpaired) electrons. The maximum absolute atomic E-state index is 13.3. The summed E-state index contributed by atoms with van der Waals surface area (Å²) in [5.74, 6) is 0.972. The maximum atomic E-state index is 13.3. The highest BCUT2D eigenvalue weighted by Crippen LogP contribution is 2.37. The molecule has 20 heavy (non-hydrogen) atoms. The molecule has 2 aromatic carbocycles. The molecule has 3 rings (SSSR count). The van der Waals surface area contributed by atoms with Crippen molar-refractivity contribution in [3.63, 3.8) is 0 Å². The Morgan fingerprint density at radius 3 is 2.65 bits per heavy atom. The Kier molecular flexibility index (Phi) is 3.10. The summed E-state index contributed by atoms with van der Waals surface area (Å²) in [4.78, 5) is 0. The van der Waals surface area contributed by atoms with E-state index in [0.717, 1.165) is 5.56 Å². The summed E-state index contributed by atoms with van der Waals surface area (Å²) in [5, 5.41) is 13.0. The fourth-order valence-corrected chi connectivity index (χ4v) is 2.15. The molecular formula is C15H14FNO3. The van der Waals surface area contributed by atoms with Gasteiger partial charge in [-0.3, -0.25) is 0 Å². The highest BCUT2D eigenvalue weighted by Gasteiger charge is 2.16. The minimum Gasteiger partial charge on any atom is -0.507 e. The Bertz CT molecular complexity index is 638. The molecule has 0 atom stereocenters. The zero-order valence-electron chi connectivity index (χ0n) is 10.9. The lowest BCUT2D eigenvalue weighted by Crippen LogP contribution is -2.00. The quantitative estimate of drug-likeness (QED) is 0.903. The third-order valence-corrected chi connectivity index (χ3v) is 3.10. The molecule has 2 aromatic rings. The van der Waals surface area contributed by atoms with Crippen molar-refractivity contribution in [2.75, 3.05) is 12.1 Å². The smallest absolute Gasteiger partial charge is 0.231 e. The minimum absolute atomic E-state index is 0.120. The Morgan fingerprint density at radius 2 is 1.90 bits per heavy atom. The Morgan fingerprint density at radius 1 is 1.15 bits per heavy atom. The Hall–Kier alpha value is -2.43. The van der Waals surface area contributed by atoms with Crippen LogP contribution in [0.4, 0.5) is 10.1 Å². The second-order valence-electron chi connectivity index (χ2n) is 4.70. The number of hydrogen-bond acceptors (Lipinski definition) is 4. The lowest BCUT2D eigenvalue weighted by molar-refractivity contribution is 0.174. The number of aryl methyl sites for hydroxylation is 1. The lowest BCUT2D eigenvalue weighted by atomic mass is 10.1. The highest BCUT2D eigenvalue weighted by molar-refractivity contribution is 5.53. The van der Waals surface area contributed by atoms with Gasteiger partial charge in [0.15, 0.2) is 11.5 Å². The summed E-state index contributed by atoms with van der Waals surface area (Å²) < 4.78 is 23.7. The first kappa shape index (κ1) is 12.6. The van der Waals surface area contributed by atoms with Crippen LogP contribution in [-0.4, -0.2) is 11.9 Å². The number of halogens is 1. The molecule has 5 heteroatoms. The van der Waals surface area contributed by atoms with Crippen LogP contribution in [0, 0.1) is 12.7 Å². The van der Waals surface area contributed by atoms with Crippen molar-refractivity contribution in [3.8, 4) is 17.2 Å². The average molecular weight is 275 g/mol. The van der Waals surface area contributed by atoms with Crippen LogP contribution in [0.3, 0.4) is 0 Å². The molecule has 1 aliphatic rings. The molecule has 1 heterocycles. The number of fused-ring (bicyclic) bond motifs is 1. The standard InChI is InChI=1S/C15H14FNO3/c1-9-2-11(16)5-12(3-9)17-7-10-4-14-15(6-13(10)18)20-8-19-14/h2-6,17-18H,7-8H2,1H3. The largest absolute Gasteiger partial charge is 0.507 e. The van der Waals surface area contributed by atoms with Gasteiger partial charge in [-0.15, -0.1) is 0 Å². The molecule has 0 spiro atoms. The number of ether oxygens (including phenoxy) is 2. The van der Waals surface area contributed by atoms with E-state index in [9.17, 15) is 9.50 Å². The van der Waals surface area contributed by atoms with E-state index in [2.05, 4.69) is 5.32 Å². The van der Waals surface area contributed by atoms with Gasteiger partial charge >= 0.3 is 0 Å². The third kappa shape index (κ3) is 2.47. The van der Waals surface area contributed by atoms with Crippen molar-refractivity contribution in [2.45, 2.75) is 13.5 Å². The molecule has 2 N–H and O–H groups in total. The number of nitrogens with one attached hydrogen (secondary N) is 1. The Labute approximate surface area is 115 Å². The molecule has 0 aliphatic carbocycles. The van der Waals surface area contributed by atoms with Gasteiger partial charge in [0.05, 0.1) is 0 Å². The van der Waals surface area contributed by atoms with E-state index in [0.29, 0.717) is 29.3 Å². The third-order valence-electron chi connectivity index (χ3n) is 3.10. The van der Waals surface area contributed by atoms with Crippen LogP contribution in [0.1, 0.15) is 11.1 Å². The van der Waals surface area contributed by atoms with Gasteiger partial charge < -0.3 is 19.9 Å². The van der Waals surface area contributed by atoms with Crippen LogP contribution < -0.4 is 14.8 Å². The van der Waals surface area contributed by atoms with Crippen LogP contribution in [0.15, 0.2) is 30.3 Å². The normalized spacial score (nSPS) is 12.5. The van der Waals surface area contributed by atoms with Crippen molar-refractivity contribution in [2.24, 2.45) is 0 Å². The minimum atomic E-state index is -0.289. The number of benzene rings is 2. The van der Waals surface area contributed by atoms with Gasteiger partial charge in [0.25, 0.3) is 0 Å². The molecule has 0 amide bonds. The number of hydrogen-bond donors (Lipinski definition) is 2. The van der Waals surface area contributed by atoms with Crippen LogP contribution in [0.25, 0.3) is 0 Å². The molecule has 0 bridgehead atoms. The van der Waals surface area contributed by atoms with E-state index in [1.165, 1.54) is 18.2 Å². The highest BCUT2D eigenvalue weighted by atomic mass is 19.1. The van der Waals surface area contributed by atoms with E-state index < -0.39 is 0 Å². The molecule has 0 fully saturated rings. The summed E-state index contributed by atoms with van der Waals surface area (Å²) >= 11 is 0. The number of phenolic OH excluding ortho intramolecular Hbond substituents is 1. The maximum Gasteiger partial charge on any atom is 0.231 e. The van der Waals surface area contributed by atoms with E-state index in [4.69, 9.17) is 9.47 Å². The lowest BCUT2D eigenvalue weighted by Gasteiger charge is -2.10. The predicted molar refractivity (Wildman–Crippen MR) is 72.7 cm³/mol. The van der Waals surface area contributed by atoms with Gasteiger partial charge in [0.2, 0.25) is 6.79 Å². The van der Waals surface area contributed by atoms with Gasteiger partial charge in [-0.1, -0.05) is 0 Å². The van der Waals surface area contributed by atoms with Crippen LogP contribution >= 0.6 is 0 Å². The van der Waals surface area contributed by atoms with Gasteiger partial charge in [-0.2, -0.15) is 0 Å². The summed E-state index contributed by atoms with van der Waals surface area (Å²) in [6.07, 6.45) is 0. The summed E-state index contributed by atoms with van der Waals surface area (Å²) in [7, 11) is 0. The summed E-state index contributed by atoms with van der Waals surface area (Å²) in [6, 6.07) is 7.96.